The van der Waals surface area contributed by atoms with Crippen LogP contribution in [0.15, 0.2) is 24.3 Å². The highest BCUT2D eigenvalue weighted by molar-refractivity contribution is 5.58. The zero-order valence-corrected chi connectivity index (χ0v) is 9.94. The zero-order chi connectivity index (χ0) is 11.1. The van der Waals surface area contributed by atoms with E-state index in [9.17, 15) is 0 Å². The Kier molecular flexibility index (Phi) is 2.31. The molecule has 2 nitrogen and oxygen atoms in total. The number of para-hydroxylation sites is 2. The van der Waals surface area contributed by atoms with Crippen LogP contribution in [0.4, 0.5) is 5.69 Å². The highest BCUT2D eigenvalue weighted by Gasteiger charge is 2.38. The van der Waals surface area contributed by atoms with Gasteiger partial charge in [0.1, 0.15) is 11.9 Å². The third-order valence-electron chi connectivity index (χ3n) is 3.91. The third-order valence-corrected chi connectivity index (χ3v) is 3.91. The Morgan fingerprint density at radius 1 is 1.19 bits per heavy atom. The molecule has 16 heavy (non-hydrogen) atoms. The van der Waals surface area contributed by atoms with Crippen molar-refractivity contribution in [2.45, 2.75) is 38.8 Å². The lowest BCUT2D eigenvalue weighted by molar-refractivity contribution is 0.0776. The highest BCUT2D eigenvalue weighted by atomic mass is 16.5. The van der Waals surface area contributed by atoms with E-state index in [1.54, 1.807) is 0 Å². The number of nitrogens with one attached hydrogen (secondary N) is 1. The maximum atomic E-state index is 6.11. The summed E-state index contributed by atoms with van der Waals surface area (Å²) in [4.78, 5) is 0. The molecule has 0 aromatic heterocycles. The molecule has 86 valence electrons. The van der Waals surface area contributed by atoms with Gasteiger partial charge in [-0.15, -0.1) is 0 Å². The first-order valence-electron chi connectivity index (χ1n) is 6.26. The van der Waals surface area contributed by atoms with E-state index in [1.165, 1.54) is 12.8 Å². The molecule has 0 spiro atoms. The van der Waals surface area contributed by atoms with Gasteiger partial charge >= 0.3 is 0 Å². The molecule has 4 atom stereocenters. The van der Waals surface area contributed by atoms with Gasteiger partial charge in [0.05, 0.1) is 11.7 Å². The van der Waals surface area contributed by atoms with E-state index in [4.69, 9.17) is 4.74 Å². The smallest absolute Gasteiger partial charge is 0.142 e. The monoisotopic (exact) mass is 217 g/mol. The van der Waals surface area contributed by atoms with Crippen molar-refractivity contribution in [3.63, 3.8) is 0 Å². The number of hydrogen-bond donors (Lipinski definition) is 1. The van der Waals surface area contributed by atoms with Crippen LogP contribution in [0, 0.1) is 11.8 Å². The lowest BCUT2D eigenvalue weighted by atomic mass is 9.77. The van der Waals surface area contributed by atoms with E-state index in [0.717, 1.165) is 17.4 Å². The summed E-state index contributed by atoms with van der Waals surface area (Å²) in [5.74, 6) is 2.50. The second-order valence-corrected chi connectivity index (χ2v) is 5.38. The minimum atomic E-state index is 0.355. The molecule has 0 amide bonds. The summed E-state index contributed by atoms with van der Waals surface area (Å²) in [6, 6.07) is 8.76. The summed E-state index contributed by atoms with van der Waals surface area (Å²) in [5, 5.41) is 3.64. The summed E-state index contributed by atoms with van der Waals surface area (Å²) in [6.07, 6.45) is 2.84. The fourth-order valence-corrected chi connectivity index (χ4v) is 3.18. The summed E-state index contributed by atoms with van der Waals surface area (Å²) in [5.41, 5.74) is 1.16. The van der Waals surface area contributed by atoms with Gasteiger partial charge in [0, 0.05) is 0 Å². The minimum absolute atomic E-state index is 0.355. The van der Waals surface area contributed by atoms with Crippen LogP contribution in [-0.2, 0) is 0 Å². The van der Waals surface area contributed by atoms with Gasteiger partial charge in [-0.2, -0.15) is 0 Å². The van der Waals surface area contributed by atoms with Crippen LogP contribution in [0.5, 0.6) is 5.75 Å². The predicted molar refractivity (Wildman–Crippen MR) is 65.8 cm³/mol. The van der Waals surface area contributed by atoms with E-state index in [1.807, 2.05) is 6.07 Å². The van der Waals surface area contributed by atoms with Gasteiger partial charge in [-0.05, 0) is 36.8 Å². The molecule has 2 aliphatic rings. The Bertz CT molecular complexity index is 390. The topological polar surface area (TPSA) is 21.3 Å². The minimum Gasteiger partial charge on any atom is -0.486 e. The maximum Gasteiger partial charge on any atom is 0.142 e. The molecule has 4 unspecified atom stereocenters. The average Bonchev–Trinajstić information content (AvgIpc) is 2.27. The van der Waals surface area contributed by atoms with E-state index >= 15 is 0 Å². The Morgan fingerprint density at radius 2 is 2.00 bits per heavy atom. The largest absolute Gasteiger partial charge is 0.486 e. The number of benzene rings is 1. The molecule has 1 heterocycles. The second kappa shape index (κ2) is 3.69. The first kappa shape index (κ1) is 10.0. The van der Waals surface area contributed by atoms with Gasteiger partial charge in [-0.25, -0.2) is 0 Å². The zero-order valence-electron chi connectivity index (χ0n) is 9.94. The first-order valence-corrected chi connectivity index (χ1v) is 6.26. The molecule has 0 radical (unpaired) electrons. The number of fused-ring (bicyclic) bond motifs is 2. The first-order chi connectivity index (χ1) is 7.74. The molecule has 1 aliphatic heterocycles. The number of rotatable bonds is 0. The molecule has 3 rings (SSSR count). The van der Waals surface area contributed by atoms with Crippen LogP contribution >= 0.6 is 0 Å². The van der Waals surface area contributed by atoms with Crippen molar-refractivity contribution in [3.05, 3.63) is 24.3 Å². The number of hydrogen-bond acceptors (Lipinski definition) is 2. The van der Waals surface area contributed by atoms with Crippen LogP contribution < -0.4 is 10.1 Å². The Hall–Kier alpha value is -1.18. The fourth-order valence-electron chi connectivity index (χ4n) is 3.18. The molecular formula is C14H19NO. The summed E-state index contributed by atoms with van der Waals surface area (Å²) >= 11 is 0. The predicted octanol–water partition coefficient (Wildman–Crippen LogP) is 3.29. The van der Waals surface area contributed by atoms with Crippen molar-refractivity contribution >= 4 is 5.69 Å². The molecule has 1 aliphatic carbocycles. The molecular weight excluding hydrogens is 198 g/mol. The molecule has 2 heteroatoms. The highest BCUT2D eigenvalue weighted by Crippen LogP contribution is 2.39. The van der Waals surface area contributed by atoms with E-state index in [-0.39, 0.29) is 0 Å². The van der Waals surface area contributed by atoms with E-state index < -0.39 is 0 Å². The van der Waals surface area contributed by atoms with Crippen LogP contribution in [0.2, 0.25) is 0 Å². The van der Waals surface area contributed by atoms with E-state index in [2.05, 4.69) is 37.4 Å². The van der Waals surface area contributed by atoms with Gasteiger partial charge in [0.25, 0.3) is 0 Å². The average molecular weight is 217 g/mol. The fraction of sp³-hybridized carbons (Fsp3) is 0.571. The van der Waals surface area contributed by atoms with Crippen molar-refractivity contribution in [3.8, 4) is 5.75 Å². The van der Waals surface area contributed by atoms with Gasteiger partial charge in [-0.3, -0.25) is 0 Å². The lowest BCUT2D eigenvalue weighted by Gasteiger charge is -2.43. The second-order valence-electron chi connectivity index (χ2n) is 5.38. The van der Waals surface area contributed by atoms with Crippen molar-refractivity contribution in [1.82, 2.24) is 0 Å². The molecule has 1 fully saturated rings. The normalized spacial score (nSPS) is 36.6. The summed E-state index contributed by atoms with van der Waals surface area (Å²) < 4.78 is 6.11. The Labute approximate surface area is 97.0 Å². The van der Waals surface area contributed by atoms with Gasteiger partial charge in [-0.1, -0.05) is 26.0 Å². The molecule has 0 bridgehead atoms. The Balaban J connectivity index is 1.90. The van der Waals surface area contributed by atoms with Crippen molar-refractivity contribution in [1.29, 1.82) is 0 Å². The third kappa shape index (κ3) is 1.57. The van der Waals surface area contributed by atoms with Crippen LogP contribution in [0.1, 0.15) is 26.7 Å². The number of ether oxygens (including phenoxy) is 1. The summed E-state index contributed by atoms with van der Waals surface area (Å²) in [6.45, 7) is 4.66. The molecule has 1 aromatic carbocycles. The summed E-state index contributed by atoms with van der Waals surface area (Å²) in [7, 11) is 0. The molecule has 0 saturated heterocycles. The molecule has 1 N–H and O–H groups in total. The molecule has 1 aromatic rings. The quantitative estimate of drug-likeness (QED) is 0.720. The molecule has 1 saturated carbocycles. The van der Waals surface area contributed by atoms with E-state index in [0.29, 0.717) is 18.1 Å². The van der Waals surface area contributed by atoms with Crippen LogP contribution in [0.25, 0.3) is 0 Å². The lowest BCUT2D eigenvalue weighted by Crippen LogP contribution is -2.49. The SMILES string of the molecule is CC1CC(C)C2Nc3ccccc3OC2C1. The van der Waals surface area contributed by atoms with Gasteiger partial charge < -0.3 is 10.1 Å². The maximum absolute atomic E-state index is 6.11. The van der Waals surface area contributed by atoms with Crippen LogP contribution in [-0.4, -0.2) is 12.1 Å². The van der Waals surface area contributed by atoms with Crippen molar-refractivity contribution in [2.75, 3.05) is 5.32 Å². The standard InChI is InChI=1S/C14H19NO/c1-9-7-10(2)14-13(8-9)16-12-6-4-3-5-11(12)15-14/h3-6,9-10,13-15H,7-8H2,1-2H3. The Morgan fingerprint density at radius 3 is 2.88 bits per heavy atom. The number of anilines is 1. The van der Waals surface area contributed by atoms with Crippen LogP contribution in [0.3, 0.4) is 0 Å². The van der Waals surface area contributed by atoms with Crippen molar-refractivity contribution in [2.24, 2.45) is 11.8 Å². The van der Waals surface area contributed by atoms with Gasteiger partial charge in [0.2, 0.25) is 0 Å². The van der Waals surface area contributed by atoms with Crippen molar-refractivity contribution < 1.29 is 4.74 Å². The van der Waals surface area contributed by atoms with Gasteiger partial charge in [0.15, 0.2) is 0 Å².